The molecule has 1 atom stereocenters. The molecule has 0 saturated carbocycles. The van der Waals surface area contributed by atoms with E-state index in [4.69, 9.17) is 15.2 Å². The van der Waals surface area contributed by atoms with Crippen LogP contribution in [0.3, 0.4) is 0 Å². The molecule has 2 N–H and O–H groups in total. The van der Waals surface area contributed by atoms with Gasteiger partial charge in [-0.3, -0.25) is 0 Å². The molecule has 0 bridgehead atoms. The molecule has 0 amide bonds. The molecule has 5 heteroatoms. The van der Waals surface area contributed by atoms with Gasteiger partial charge in [0.2, 0.25) is 0 Å². The van der Waals surface area contributed by atoms with E-state index >= 15 is 0 Å². The Bertz CT molecular complexity index is 580. The van der Waals surface area contributed by atoms with Crippen LogP contribution in [0.2, 0.25) is 0 Å². The molecule has 1 aromatic heterocycles. The minimum absolute atomic E-state index is 0.0938. The summed E-state index contributed by atoms with van der Waals surface area (Å²) in [5.74, 6) is 2.54. The van der Waals surface area contributed by atoms with Gasteiger partial charge >= 0.3 is 0 Å². The van der Waals surface area contributed by atoms with Crippen molar-refractivity contribution in [1.82, 2.24) is 9.55 Å². The number of hydrogen-bond acceptors (Lipinski definition) is 4. The predicted octanol–water partition coefficient (Wildman–Crippen LogP) is 1.66. The molecule has 2 aromatic rings. The molecule has 5 nitrogen and oxygen atoms in total. The Hall–Kier alpha value is -2.01. The number of nitrogens with two attached hydrogens (primary N) is 1. The molecule has 3 rings (SSSR count). The normalized spacial score (nSPS) is 15.3. The summed E-state index contributed by atoms with van der Waals surface area (Å²) in [6, 6.07) is 5.78. The fourth-order valence-corrected chi connectivity index (χ4v) is 2.20. The van der Waals surface area contributed by atoms with Crippen molar-refractivity contribution in [3.63, 3.8) is 0 Å². The first kappa shape index (κ1) is 12.0. The van der Waals surface area contributed by atoms with Crippen LogP contribution in [0.5, 0.6) is 11.5 Å². The number of fused-ring (bicyclic) bond motifs is 1. The zero-order valence-corrected chi connectivity index (χ0v) is 10.9. The lowest BCUT2D eigenvalue weighted by Gasteiger charge is -2.21. The average Bonchev–Trinajstić information content (AvgIpc) is 2.84. The molecule has 0 fully saturated rings. The van der Waals surface area contributed by atoms with Gasteiger partial charge in [0.15, 0.2) is 11.5 Å². The molecule has 1 aromatic carbocycles. The minimum Gasteiger partial charge on any atom is -0.486 e. The maximum Gasteiger partial charge on any atom is 0.161 e. The summed E-state index contributed by atoms with van der Waals surface area (Å²) in [6.45, 7) is 3.86. The summed E-state index contributed by atoms with van der Waals surface area (Å²) in [4.78, 5) is 4.20. The van der Waals surface area contributed by atoms with Crippen molar-refractivity contribution in [3.8, 4) is 11.5 Å². The summed E-state index contributed by atoms with van der Waals surface area (Å²) >= 11 is 0. The predicted molar refractivity (Wildman–Crippen MR) is 71.3 cm³/mol. The van der Waals surface area contributed by atoms with Gasteiger partial charge in [-0.05, 0) is 24.6 Å². The fourth-order valence-electron chi connectivity index (χ4n) is 2.20. The second-order valence-corrected chi connectivity index (χ2v) is 4.64. The van der Waals surface area contributed by atoms with Crippen LogP contribution < -0.4 is 15.2 Å². The number of rotatable bonds is 3. The van der Waals surface area contributed by atoms with E-state index in [2.05, 4.69) is 4.98 Å². The minimum atomic E-state index is -0.0938. The molecule has 1 aliphatic rings. The monoisotopic (exact) mass is 259 g/mol. The number of aromatic nitrogens is 2. The van der Waals surface area contributed by atoms with Crippen molar-refractivity contribution in [2.24, 2.45) is 5.73 Å². The van der Waals surface area contributed by atoms with Crippen LogP contribution in [0.4, 0.5) is 0 Å². The Kier molecular flexibility index (Phi) is 3.13. The van der Waals surface area contributed by atoms with Crippen molar-refractivity contribution in [2.45, 2.75) is 19.5 Å². The molecular formula is C14H17N3O2. The Labute approximate surface area is 112 Å². The fraction of sp³-hybridized carbons (Fsp3) is 0.357. The Balaban J connectivity index is 1.80. The van der Waals surface area contributed by atoms with Gasteiger partial charge in [0, 0.05) is 25.0 Å². The highest BCUT2D eigenvalue weighted by Gasteiger charge is 2.15. The van der Waals surface area contributed by atoms with Gasteiger partial charge in [-0.2, -0.15) is 0 Å². The number of hydrogen-bond donors (Lipinski definition) is 1. The molecule has 19 heavy (non-hydrogen) atoms. The summed E-state index contributed by atoms with van der Waals surface area (Å²) in [5.41, 5.74) is 7.28. The average molecular weight is 259 g/mol. The van der Waals surface area contributed by atoms with E-state index in [0.717, 1.165) is 22.9 Å². The second kappa shape index (κ2) is 4.93. The maximum atomic E-state index is 6.24. The van der Waals surface area contributed by atoms with Gasteiger partial charge in [-0.1, -0.05) is 6.07 Å². The van der Waals surface area contributed by atoms with Gasteiger partial charge in [0.1, 0.15) is 19.0 Å². The zero-order chi connectivity index (χ0) is 13.2. The Morgan fingerprint density at radius 3 is 2.84 bits per heavy atom. The van der Waals surface area contributed by atoms with E-state index in [-0.39, 0.29) is 6.04 Å². The van der Waals surface area contributed by atoms with E-state index < -0.39 is 0 Å². The van der Waals surface area contributed by atoms with Crippen LogP contribution in [0.1, 0.15) is 17.4 Å². The second-order valence-electron chi connectivity index (χ2n) is 4.64. The summed E-state index contributed by atoms with van der Waals surface area (Å²) in [7, 11) is 0. The number of imidazole rings is 1. The van der Waals surface area contributed by atoms with E-state index in [0.29, 0.717) is 19.8 Å². The number of aryl methyl sites for hydroxylation is 1. The lowest BCUT2D eigenvalue weighted by atomic mass is 10.1. The highest BCUT2D eigenvalue weighted by Crippen LogP contribution is 2.32. The van der Waals surface area contributed by atoms with Crippen LogP contribution in [0.15, 0.2) is 30.6 Å². The quantitative estimate of drug-likeness (QED) is 0.910. The third-order valence-electron chi connectivity index (χ3n) is 3.31. The smallest absolute Gasteiger partial charge is 0.161 e. The largest absolute Gasteiger partial charge is 0.486 e. The SMILES string of the molecule is Cc1nccn1CC(N)c1ccc2c(c1)OCCO2. The third-order valence-corrected chi connectivity index (χ3v) is 3.31. The lowest BCUT2D eigenvalue weighted by molar-refractivity contribution is 0.171. The molecular weight excluding hydrogens is 242 g/mol. The standard InChI is InChI=1S/C14H17N3O2/c1-10-16-4-5-17(10)9-12(15)11-2-3-13-14(8-11)19-7-6-18-13/h2-5,8,12H,6-7,9,15H2,1H3. The molecule has 100 valence electrons. The van der Waals surface area contributed by atoms with Gasteiger partial charge in [-0.15, -0.1) is 0 Å². The van der Waals surface area contributed by atoms with Gasteiger partial charge in [0.25, 0.3) is 0 Å². The summed E-state index contributed by atoms with van der Waals surface area (Å²) < 4.78 is 13.1. The van der Waals surface area contributed by atoms with Crippen LogP contribution in [0.25, 0.3) is 0 Å². The van der Waals surface area contributed by atoms with Gasteiger partial charge < -0.3 is 19.8 Å². The number of benzene rings is 1. The van der Waals surface area contributed by atoms with Crippen LogP contribution in [0, 0.1) is 6.92 Å². The van der Waals surface area contributed by atoms with Crippen molar-refractivity contribution >= 4 is 0 Å². The van der Waals surface area contributed by atoms with Crippen molar-refractivity contribution in [2.75, 3.05) is 13.2 Å². The first-order valence-electron chi connectivity index (χ1n) is 6.37. The maximum absolute atomic E-state index is 6.24. The molecule has 0 saturated heterocycles. The molecule has 0 aliphatic carbocycles. The summed E-state index contributed by atoms with van der Waals surface area (Å²) in [5, 5.41) is 0. The van der Waals surface area contributed by atoms with Crippen molar-refractivity contribution < 1.29 is 9.47 Å². The topological polar surface area (TPSA) is 62.3 Å². The number of nitrogens with zero attached hydrogens (tertiary/aromatic N) is 2. The zero-order valence-electron chi connectivity index (χ0n) is 10.9. The molecule has 1 aliphatic heterocycles. The molecule has 1 unspecified atom stereocenters. The first-order chi connectivity index (χ1) is 9.24. The first-order valence-corrected chi connectivity index (χ1v) is 6.37. The van der Waals surface area contributed by atoms with E-state index in [1.54, 1.807) is 6.20 Å². The lowest BCUT2D eigenvalue weighted by Crippen LogP contribution is -2.19. The van der Waals surface area contributed by atoms with Crippen LogP contribution in [-0.2, 0) is 6.54 Å². The Morgan fingerprint density at radius 1 is 1.32 bits per heavy atom. The van der Waals surface area contributed by atoms with Gasteiger partial charge in [-0.25, -0.2) is 4.98 Å². The van der Waals surface area contributed by atoms with Crippen molar-refractivity contribution in [1.29, 1.82) is 0 Å². The van der Waals surface area contributed by atoms with Crippen LogP contribution >= 0.6 is 0 Å². The molecule has 0 spiro atoms. The van der Waals surface area contributed by atoms with Gasteiger partial charge in [0.05, 0.1) is 0 Å². The molecule has 0 radical (unpaired) electrons. The highest BCUT2D eigenvalue weighted by molar-refractivity contribution is 5.44. The number of ether oxygens (including phenoxy) is 2. The third kappa shape index (κ3) is 2.42. The van der Waals surface area contributed by atoms with E-state index in [1.165, 1.54) is 0 Å². The van der Waals surface area contributed by atoms with Crippen molar-refractivity contribution in [3.05, 3.63) is 42.0 Å². The summed E-state index contributed by atoms with van der Waals surface area (Å²) in [6.07, 6.45) is 3.72. The van der Waals surface area contributed by atoms with Crippen LogP contribution in [-0.4, -0.2) is 22.8 Å². The van der Waals surface area contributed by atoms with E-state index in [9.17, 15) is 0 Å². The van der Waals surface area contributed by atoms with E-state index in [1.807, 2.05) is 35.9 Å². The Morgan fingerprint density at radius 2 is 2.11 bits per heavy atom. The highest BCUT2D eigenvalue weighted by atomic mass is 16.6. The molecule has 2 heterocycles.